The van der Waals surface area contributed by atoms with Gasteiger partial charge < -0.3 is 10.0 Å². The molecule has 0 rings (SSSR count). The first-order valence-electron chi connectivity index (χ1n) is 13.2. The zero-order chi connectivity index (χ0) is 20.5. The van der Waals surface area contributed by atoms with E-state index in [-0.39, 0.29) is 0 Å². The summed E-state index contributed by atoms with van der Waals surface area (Å²) < 4.78 is 0. The molecular weight excluding hydrogens is 342 g/mol. The topological polar surface area (TPSA) is 23.5 Å². The summed E-state index contributed by atoms with van der Waals surface area (Å²) >= 11 is 0. The lowest BCUT2D eigenvalue weighted by molar-refractivity contribution is 0.190. The Balaban J connectivity index is 3.41. The lowest BCUT2D eigenvalue weighted by Gasteiger charge is -2.21. The van der Waals surface area contributed by atoms with Gasteiger partial charge in [-0.05, 0) is 25.9 Å². The minimum Gasteiger partial charge on any atom is -0.395 e. The fourth-order valence-electron chi connectivity index (χ4n) is 4.12. The van der Waals surface area contributed by atoms with Crippen molar-refractivity contribution in [2.45, 2.75) is 142 Å². The van der Waals surface area contributed by atoms with E-state index in [4.69, 9.17) is 0 Å². The van der Waals surface area contributed by atoms with E-state index in [0.29, 0.717) is 6.61 Å². The zero-order valence-electron chi connectivity index (χ0n) is 19.9. The highest BCUT2D eigenvalue weighted by molar-refractivity contribution is 4.59. The molecule has 0 bridgehead atoms. The van der Waals surface area contributed by atoms with Crippen LogP contribution in [-0.4, -0.2) is 36.2 Å². The van der Waals surface area contributed by atoms with E-state index in [0.717, 1.165) is 6.54 Å². The van der Waals surface area contributed by atoms with Crippen molar-refractivity contribution in [1.82, 2.24) is 4.90 Å². The second-order valence-corrected chi connectivity index (χ2v) is 8.93. The van der Waals surface area contributed by atoms with Crippen LogP contribution in [-0.2, 0) is 0 Å². The molecule has 0 fully saturated rings. The van der Waals surface area contributed by atoms with Crippen molar-refractivity contribution in [3.05, 3.63) is 0 Å². The van der Waals surface area contributed by atoms with Gasteiger partial charge in [-0.1, -0.05) is 129 Å². The van der Waals surface area contributed by atoms with Crippen LogP contribution in [0.25, 0.3) is 0 Å². The first-order valence-corrected chi connectivity index (χ1v) is 13.2. The molecule has 0 aromatic carbocycles. The van der Waals surface area contributed by atoms with E-state index >= 15 is 0 Å². The Morgan fingerprint density at radius 1 is 0.393 bits per heavy atom. The summed E-state index contributed by atoms with van der Waals surface area (Å²) in [5, 5.41) is 9.32. The Bertz CT molecular complexity index is 245. The molecule has 0 aliphatic heterocycles. The normalized spacial score (nSPS) is 11.6. The number of hydrogen-bond donors (Lipinski definition) is 1. The second kappa shape index (κ2) is 25.0. The fraction of sp³-hybridized carbons (Fsp3) is 1.00. The summed E-state index contributed by atoms with van der Waals surface area (Å²) in [7, 11) is 0. The van der Waals surface area contributed by atoms with Crippen LogP contribution in [0.3, 0.4) is 0 Å². The van der Waals surface area contributed by atoms with Gasteiger partial charge in [0.05, 0.1) is 6.61 Å². The van der Waals surface area contributed by atoms with Crippen LogP contribution in [0.15, 0.2) is 0 Å². The largest absolute Gasteiger partial charge is 0.395 e. The molecule has 0 aromatic heterocycles. The van der Waals surface area contributed by atoms with E-state index in [1.165, 1.54) is 142 Å². The average Bonchev–Trinajstić information content (AvgIpc) is 2.70. The molecular formula is C26H55NO. The maximum absolute atomic E-state index is 9.32. The Kier molecular flexibility index (Phi) is 24.9. The average molecular weight is 398 g/mol. The van der Waals surface area contributed by atoms with E-state index in [1.54, 1.807) is 0 Å². The van der Waals surface area contributed by atoms with Crippen LogP contribution in [0.1, 0.15) is 142 Å². The quantitative estimate of drug-likeness (QED) is 0.166. The van der Waals surface area contributed by atoms with E-state index < -0.39 is 0 Å². The number of nitrogens with zero attached hydrogens (tertiary/aromatic N) is 1. The van der Waals surface area contributed by atoms with Crippen molar-refractivity contribution in [3.63, 3.8) is 0 Å². The van der Waals surface area contributed by atoms with Gasteiger partial charge in [0.1, 0.15) is 0 Å². The van der Waals surface area contributed by atoms with Crippen LogP contribution in [0.4, 0.5) is 0 Å². The third-order valence-corrected chi connectivity index (χ3v) is 6.07. The van der Waals surface area contributed by atoms with E-state index in [2.05, 4.69) is 18.7 Å². The molecule has 0 atom stereocenters. The predicted octanol–water partition coefficient (Wildman–Crippen LogP) is 8.12. The van der Waals surface area contributed by atoms with Gasteiger partial charge in [0.2, 0.25) is 0 Å². The number of hydrogen-bond acceptors (Lipinski definition) is 2. The molecule has 0 saturated heterocycles. The minimum atomic E-state index is 0.315. The lowest BCUT2D eigenvalue weighted by Crippen LogP contribution is -2.29. The number of unbranched alkanes of at least 4 members (excludes halogenated alkanes) is 18. The summed E-state index contributed by atoms with van der Waals surface area (Å²) in [5.41, 5.74) is 0. The molecule has 28 heavy (non-hydrogen) atoms. The van der Waals surface area contributed by atoms with Crippen molar-refractivity contribution in [3.8, 4) is 0 Å². The van der Waals surface area contributed by atoms with E-state index in [9.17, 15) is 5.11 Å². The van der Waals surface area contributed by atoms with Gasteiger partial charge >= 0.3 is 0 Å². The van der Waals surface area contributed by atoms with Gasteiger partial charge in [-0.15, -0.1) is 0 Å². The smallest absolute Gasteiger partial charge is 0.0558 e. The third kappa shape index (κ3) is 22.2. The molecule has 0 radical (unpaired) electrons. The molecule has 0 amide bonds. The molecule has 0 aliphatic carbocycles. The van der Waals surface area contributed by atoms with Gasteiger partial charge in [-0.2, -0.15) is 0 Å². The maximum Gasteiger partial charge on any atom is 0.0558 e. The molecule has 2 nitrogen and oxygen atoms in total. The van der Waals surface area contributed by atoms with E-state index in [1.807, 2.05) is 0 Å². The van der Waals surface area contributed by atoms with Crippen molar-refractivity contribution in [1.29, 1.82) is 0 Å². The lowest BCUT2D eigenvalue weighted by atomic mass is 10.1. The molecule has 1 N–H and O–H groups in total. The van der Waals surface area contributed by atoms with Gasteiger partial charge in [0, 0.05) is 6.54 Å². The third-order valence-electron chi connectivity index (χ3n) is 6.07. The molecule has 170 valence electrons. The highest BCUT2D eigenvalue weighted by Crippen LogP contribution is 2.12. The summed E-state index contributed by atoms with van der Waals surface area (Å²) in [4.78, 5) is 2.50. The fourth-order valence-corrected chi connectivity index (χ4v) is 4.12. The zero-order valence-corrected chi connectivity index (χ0v) is 19.9. The Labute approximate surface area is 178 Å². The van der Waals surface area contributed by atoms with Crippen molar-refractivity contribution in [2.24, 2.45) is 0 Å². The Morgan fingerprint density at radius 3 is 0.964 bits per heavy atom. The standard InChI is InChI=1S/C26H55NO/c1-3-5-7-9-11-13-15-17-19-21-23-27(25-26-28)24-22-20-18-16-14-12-10-8-6-4-2/h28H,3-26H2,1-2H3. The van der Waals surface area contributed by atoms with Gasteiger partial charge in [-0.25, -0.2) is 0 Å². The van der Waals surface area contributed by atoms with Crippen molar-refractivity contribution >= 4 is 0 Å². The Hall–Kier alpha value is -0.0800. The monoisotopic (exact) mass is 397 g/mol. The summed E-state index contributed by atoms with van der Waals surface area (Å²) in [6.07, 6.45) is 28.0. The van der Waals surface area contributed by atoms with Crippen LogP contribution in [0.5, 0.6) is 0 Å². The van der Waals surface area contributed by atoms with Crippen LogP contribution in [0, 0.1) is 0 Å². The molecule has 0 unspecified atom stereocenters. The SMILES string of the molecule is CCCCCCCCCCCCN(CCO)CCCCCCCCCCCC. The highest BCUT2D eigenvalue weighted by atomic mass is 16.3. The summed E-state index contributed by atoms with van der Waals surface area (Å²) in [5.74, 6) is 0. The number of aliphatic hydroxyl groups excluding tert-OH is 1. The number of rotatable bonds is 24. The molecule has 0 heterocycles. The van der Waals surface area contributed by atoms with Crippen LogP contribution >= 0.6 is 0 Å². The van der Waals surface area contributed by atoms with Crippen molar-refractivity contribution in [2.75, 3.05) is 26.2 Å². The first-order chi connectivity index (χ1) is 13.8. The Morgan fingerprint density at radius 2 is 0.679 bits per heavy atom. The summed E-state index contributed by atoms with van der Waals surface area (Å²) in [6.45, 7) is 8.14. The summed E-state index contributed by atoms with van der Waals surface area (Å²) in [6, 6.07) is 0. The first kappa shape index (κ1) is 27.9. The van der Waals surface area contributed by atoms with Crippen molar-refractivity contribution < 1.29 is 5.11 Å². The van der Waals surface area contributed by atoms with Crippen LogP contribution in [0.2, 0.25) is 0 Å². The molecule has 2 heteroatoms. The van der Waals surface area contributed by atoms with Gasteiger partial charge in [0.15, 0.2) is 0 Å². The van der Waals surface area contributed by atoms with Crippen LogP contribution < -0.4 is 0 Å². The minimum absolute atomic E-state index is 0.315. The highest BCUT2D eigenvalue weighted by Gasteiger charge is 2.04. The number of aliphatic hydroxyl groups is 1. The predicted molar refractivity (Wildman–Crippen MR) is 127 cm³/mol. The van der Waals surface area contributed by atoms with Gasteiger partial charge in [-0.3, -0.25) is 0 Å². The molecule has 0 aromatic rings. The molecule has 0 spiro atoms. The molecule has 0 saturated carbocycles. The maximum atomic E-state index is 9.32. The van der Waals surface area contributed by atoms with Gasteiger partial charge in [0.25, 0.3) is 0 Å². The second-order valence-electron chi connectivity index (χ2n) is 8.93. The molecule has 0 aliphatic rings.